The Morgan fingerprint density at radius 3 is 2.32 bits per heavy atom. The van der Waals surface area contributed by atoms with E-state index in [0.717, 1.165) is 0 Å². The van der Waals surface area contributed by atoms with Crippen LogP contribution in [-0.4, -0.2) is 17.1 Å². The average molecular weight is 269 g/mol. The number of rotatable bonds is 8. The number of carboxylic acids is 1. The van der Waals surface area contributed by atoms with Crippen LogP contribution in [0.15, 0.2) is 18.7 Å². The first-order valence-corrected chi connectivity index (χ1v) is 7.01. The summed E-state index contributed by atoms with van der Waals surface area (Å²) < 4.78 is 4.36. The molecule has 1 heterocycles. The molecular weight excluding hydrogens is 242 g/mol. The van der Waals surface area contributed by atoms with Crippen LogP contribution in [-0.2, 0) is 18.4 Å². The molecule has 0 aliphatic carbocycles. The fraction of sp³-hybridized carbons (Fsp3) is 0.714. The number of carbonyl (C=O) groups is 1. The molecule has 0 saturated carbocycles. The van der Waals surface area contributed by atoms with Crippen molar-refractivity contribution in [1.29, 1.82) is 0 Å². The lowest BCUT2D eigenvalue weighted by Gasteiger charge is -1.98. The first kappa shape index (κ1) is 17.6. The summed E-state index contributed by atoms with van der Waals surface area (Å²) in [6.45, 7) is 3.05. The molecule has 0 fully saturated rings. The van der Waals surface area contributed by atoms with E-state index >= 15 is 0 Å². The Morgan fingerprint density at radius 2 is 1.84 bits per heavy atom. The SMILES string of the molecule is CCCCCCCCn1cc[n+](C)c1.NCC(=O)[O-]. The monoisotopic (exact) mass is 269 g/mol. The summed E-state index contributed by atoms with van der Waals surface area (Å²) in [6.07, 6.45) is 14.6. The van der Waals surface area contributed by atoms with Crippen LogP contribution < -0.4 is 15.4 Å². The van der Waals surface area contributed by atoms with Crippen LogP contribution in [0.25, 0.3) is 0 Å². The molecular formula is C14H27N3O2. The maximum absolute atomic E-state index is 9.13. The lowest BCUT2D eigenvalue weighted by Crippen LogP contribution is -2.30. The zero-order valence-corrected chi connectivity index (χ0v) is 12.2. The van der Waals surface area contributed by atoms with Crippen molar-refractivity contribution in [2.75, 3.05) is 6.54 Å². The molecule has 0 saturated heterocycles. The minimum Gasteiger partial charge on any atom is -0.549 e. The minimum atomic E-state index is -1.22. The second-order valence-corrected chi connectivity index (χ2v) is 4.66. The van der Waals surface area contributed by atoms with Crippen LogP contribution in [0.4, 0.5) is 0 Å². The molecule has 0 amide bonds. The van der Waals surface area contributed by atoms with Gasteiger partial charge in [0.15, 0.2) is 0 Å². The lowest BCUT2D eigenvalue weighted by molar-refractivity contribution is -0.671. The Hall–Kier alpha value is -1.36. The predicted octanol–water partition coefficient (Wildman–Crippen LogP) is 0.368. The van der Waals surface area contributed by atoms with Crippen molar-refractivity contribution >= 4 is 5.97 Å². The summed E-state index contributed by atoms with van der Waals surface area (Å²) in [4.78, 5) is 9.13. The number of carbonyl (C=O) groups excluding carboxylic acids is 1. The van der Waals surface area contributed by atoms with E-state index in [4.69, 9.17) is 9.90 Å². The largest absolute Gasteiger partial charge is 0.549 e. The summed E-state index contributed by atoms with van der Waals surface area (Å²) in [7, 11) is 2.07. The molecule has 0 spiro atoms. The van der Waals surface area contributed by atoms with Crippen LogP contribution in [0.3, 0.4) is 0 Å². The van der Waals surface area contributed by atoms with Crippen LogP contribution in [0.2, 0.25) is 0 Å². The fourth-order valence-corrected chi connectivity index (χ4v) is 1.71. The zero-order chi connectivity index (χ0) is 14.5. The topological polar surface area (TPSA) is 75.0 Å². The van der Waals surface area contributed by atoms with Gasteiger partial charge in [0.2, 0.25) is 6.33 Å². The highest BCUT2D eigenvalue weighted by atomic mass is 16.4. The summed E-state index contributed by atoms with van der Waals surface area (Å²) in [5.41, 5.74) is 4.51. The van der Waals surface area contributed by atoms with Crippen molar-refractivity contribution in [3.05, 3.63) is 18.7 Å². The van der Waals surface area contributed by atoms with Gasteiger partial charge >= 0.3 is 0 Å². The number of hydrogen-bond acceptors (Lipinski definition) is 3. The predicted molar refractivity (Wildman–Crippen MR) is 73.0 cm³/mol. The van der Waals surface area contributed by atoms with Crippen molar-refractivity contribution < 1.29 is 14.5 Å². The molecule has 0 bridgehead atoms. The van der Waals surface area contributed by atoms with Crippen molar-refractivity contribution in [3.8, 4) is 0 Å². The number of hydrogen-bond donors (Lipinski definition) is 1. The minimum absolute atomic E-state index is 0.389. The van der Waals surface area contributed by atoms with Crippen LogP contribution in [0.1, 0.15) is 45.4 Å². The molecule has 0 aliphatic heterocycles. The first-order valence-electron chi connectivity index (χ1n) is 7.01. The highest BCUT2D eigenvalue weighted by molar-refractivity contribution is 5.66. The first-order chi connectivity index (χ1) is 9.10. The van der Waals surface area contributed by atoms with E-state index in [1.807, 2.05) is 0 Å². The molecule has 0 radical (unpaired) electrons. The molecule has 0 aliphatic rings. The van der Waals surface area contributed by atoms with Gasteiger partial charge in [-0.25, -0.2) is 9.13 Å². The normalized spacial score (nSPS) is 9.84. The highest BCUT2D eigenvalue weighted by Gasteiger charge is 1.98. The van der Waals surface area contributed by atoms with E-state index in [1.165, 1.54) is 45.1 Å². The molecule has 0 unspecified atom stereocenters. The third-order valence-corrected chi connectivity index (χ3v) is 2.76. The lowest BCUT2D eigenvalue weighted by atomic mass is 10.1. The van der Waals surface area contributed by atoms with Crippen LogP contribution in [0.5, 0.6) is 0 Å². The highest BCUT2D eigenvalue weighted by Crippen LogP contribution is 2.05. The van der Waals surface area contributed by atoms with E-state index in [9.17, 15) is 0 Å². The van der Waals surface area contributed by atoms with E-state index in [-0.39, 0.29) is 6.54 Å². The molecule has 110 valence electrons. The van der Waals surface area contributed by atoms with E-state index < -0.39 is 5.97 Å². The standard InChI is InChI=1S/C12H23N2.C2H5NO2/c1-3-4-5-6-7-8-9-14-11-10-13(2)12-14;3-1-2(4)5/h10-12H,3-9H2,1-2H3;1,3H2,(H,4,5)/q+1;/p-1. The van der Waals surface area contributed by atoms with Crippen molar-refractivity contribution in [2.45, 2.75) is 52.0 Å². The van der Waals surface area contributed by atoms with Crippen molar-refractivity contribution in [3.63, 3.8) is 0 Å². The number of aliphatic carboxylic acids is 1. The Bertz CT molecular complexity index is 337. The van der Waals surface area contributed by atoms with Gasteiger partial charge in [-0.15, -0.1) is 0 Å². The summed E-state index contributed by atoms with van der Waals surface area (Å²) in [6, 6.07) is 0. The molecule has 0 aromatic carbocycles. The van der Waals surface area contributed by atoms with Gasteiger partial charge in [-0.2, -0.15) is 0 Å². The number of aryl methyl sites for hydroxylation is 2. The van der Waals surface area contributed by atoms with Gasteiger partial charge in [0.25, 0.3) is 0 Å². The maximum Gasteiger partial charge on any atom is 0.243 e. The quantitative estimate of drug-likeness (QED) is 0.547. The smallest absolute Gasteiger partial charge is 0.243 e. The fourth-order valence-electron chi connectivity index (χ4n) is 1.71. The van der Waals surface area contributed by atoms with E-state index in [2.05, 4.69) is 47.6 Å². The maximum atomic E-state index is 9.13. The van der Waals surface area contributed by atoms with E-state index in [0.29, 0.717) is 0 Å². The van der Waals surface area contributed by atoms with Gasteiger partial charge in [0.1, 0.15) is 12.4 Å². The number of nitrogens with two attached hydrogens (primary N) is 1. The van der Waals surface area contributed by atoms with Crippen LogP contribution in [0, 0.1) is 0 Å². The number of carboxylic acid groups (broad SMARTS) is 1. The van der Waals surface area contributed by atoms with Gasteiger partial charge < -0.3 is 15.6 Å². The van der Waals surface area contributed by atoms with Crippen LogP contribution >= 0.6 is 0 Å². The summed E-state index contributed by atoms with van der Waals surface area (Å²) in [5.74, 6) is -1.22. The third-order valence-electron chi connectivity index (χ3n) is 2.76. The summed E-state index contributed by atoms with van der Waals surface area (Å²) in [5, 5.41) is 9.13. The van der Waals surface area contributed by atoms with Gasteiger partial charge in [0.05, 0.1) is 19.6 Å². The number of aromatic nitrogens is 2. The molecule has 5 heteroatoms. The Morgan fingerprint density at radius 1 is 1.26 bits per heavy atom. The second kappa shape index (κ2) is 11.7. The van der Waals surface area contributed by atoms with Gasteiger partial charge in [0, 0.05) is 6.54 Å². The van der Waals surface area contributed by atoms with E-state index in [1.54, 1.807) is 0 Å². The molecule has 19 heavy (non-hydrogen) atoms. The molecule has 1 aromatic heterocycles. The van der Waals surface area contributed by atoms with Gasteiger partial charge in [-0.3, -0.25) is 0 Å². The number of imidazole rings is 1. The van der Waals surface area contributed by atoms with Crippen molar-refractivity contribution in [2.24, 2.45) is 12.8 Å². The van der Waals surface area contributed by atoms with Crippen molar-refractivity contribution in [1.82, 2.24) is 4.57 Å². The Labute approximate surface area is 116 Å². The molecule has 1 aromatic rings. The zero-order valence-electron chi connectivity index (χ0n) is 12.2. The summed E-state index contributed by atoms with van der Waals surface area (Å²) >= 11 is 0. The average Bonchev–Trinajstić information content (AvgIpc) is 2.80. The number of nitrogens with zero attached hydrogens (tertiary/aromatic N) is 2. The number of unbranched alkanes of at least 4 members (excludes halogenated alkanes) is 5. The Kier molecular flexibility index (Phi) is 10.9. The Balaban J connectivity index is 0.000000555. The van der Waals surface area contributed by atoms with Gasteiger partial charge in [-0.05, 0) is 12.8 Å². The molecule has 1 rings (SSSR count). The molecule has 2 N–H and O–H groups in total. The van der Waals surface area contributed by atoms with Gasteiger partial charge in [-0.1, -0.05) is 32.6 Å². The third kappa shape index (κ3) is 11.5. The molecule has 0 atom stereocenters. The second-order valence-electron chi connectivity index (χ2n) is 4.66. The molecule has 5 nitrogen and oxygen atoms in total.